The Labute approximate surface area is 75.3 Å². The summed E-state index contributed by atoms with van der Waals surface area (Å²) < 4.78 is 9.74. The first-order chi connectivity index (χ1) is 5.54. The van der Waals surface area contributed by atoms with Gasteiger partial charge in [0.1, 0.15) is 7.85 Å². The largest absolute Gasteiger partial charge is 0.384 e. The van der Waals surface area contributed by atoms with E-state index in [2.05, 4.69) is 0 Å². The van der Waals surface area contributed by atoms with Crippen LogP contribution in [-0.4, -0.2) is 38.0 Å². The van der Waals surface area contributed by atoms with Crippen LogP contribution in [-0.2, 0) is 9.26 Å². The van der Waals surface area contributed by atoms with Crippen LogP contribution in [0.15, 0.2) is 0 Å². The number of rotatable bonds is 6. The van der Waals surface area contributed by atoms with Crippen molar-refractivity contribution < 1.29 is 19.0 Å². The molecule has 0 amide bonds. The summed E-state index contributed by atoms with van der Waals surface area (Å²) in [5.41, 5.74) is -0.124. The molecular weight excluding hydrogens is 178 g/mol. The molecule has 0 aliphatic carbocycles. The van der Waals surface area contributed by atoms with Gasteiger partial charge in [0.05, 0.1) is 13.2 Å². The summed E-state index contributed by atoms with van der Waals surface area (Å²) in [6, 6.07) is 0. The molecule has 0 unspecified atom stereocenters. The van der Waals surface area contributed by atoms with Gasteiger partial charge in [-0.15, -0.1) is 0 Å². The Kier molecular flexibility index (Phi) is 6.06. The van der Waals surface area contributed by atoms with E-state index < -0.39 is 8.60 Å². The average molecular weight is 194 g/mol. The second-order valence-electron chi connectivity index (χ2n) is 3.12. The quantitative estimate of drug-likeness (QED) is 0.458. The van der Waals surface area contributed by atoms with E-state index in [-0.39, 0.29) is 5.41 Å². The Bertz CT molecular complexity index is 124. The zero-order chi connectivity index (χ0) is 9.61. The van der Waals surface area contributed by atoms with Crippen LogP contribution in [0, 0.1) is 5.41 Å². The van der Waals surface area contributed by atoms with Crippen molar-refractivity contribution in [3.8, 4) is 0 Å². The highest BCUT2D eigenvalue weighted by Gasteiger charge is 2.23. The van der Waals surface area contributed by atoms with Gasteiger partial charge in [0.2, 0.25) is 0 Å². The molecule has 0 saturated carbocycles. The monoisotopic (exact) mass is 194 g/mol. The zero-order valence-corrected chi connectivity index (χ0v) is 8.67. The Morgan fingerprint density at radius 2 is 2.00 bits per heavy atom. The minimum atomic E-state index is -2.24. The van der Waals surface area contributed by atoms with Gasteiger partial charge >= 0.3 is 8.60 Å². The number of hydrogen-bond acceptors (Lipinski definition) is 4. The number of ether oxygens (including phenoxy) is 1. The maximum absolute atomic E-state index is 8.54. The lowest BCUT2D eigenvalue weighted by Gasteiger charge is -2.26. The smallest absolute Gasteiger partial charge is 0.327 e. The minimum Gasteiger partial charge on any atom is -0.384 e. The van der Waals surface area contributed by atoms with Crippen LogP contribution in [0.25, 0.3) is 0 Å². The van der Waals surface area contributed by atoms with Crippen LogP contribution >= 0.6 is 8.60 Å². The fraction of sp³-hybridized carbons (Fsp3) is 1.00. The third-order valence-electron chi connectivity index (χ3n) is 1.87. The molecule has 0 aromatic heterocycles. The molecule has 0 saturated heterocycles. The predicted molar refractivity (Wildman–Crippen MR) is 50.6 cm³/mol. The first-order valence-corrected chi connectivity index (χ1v) is 5.00. The molecule has 12 heavy (non-hydrogen) atoms. The van der Waals surface area contributed by atoms with Crippen LogP contribution < -0.4 is 0 Å². The Balaban J connectivity index is 3.78. The molecule has 6 heteroatoms. The van der Waals surface area contributed by atoms with Crippen molar-refractivity contribution in [3.05, 3.63) is 0 Å². The van der Waals surface area contributed by atoms with Crippen LogP contribution in [0.5, 0.6) is 0 Å². The van der Waals surface area contributed by atoms with Gasteiger partial charge in [-0.1, -0.05) is 13.2 Å². The molecule has 0 rings (SSSR count). The molecule has 72 valence electrons. The average Bonchev–Trinajstić information content (AvgIpc) is 2.02. The van der Waals surface area contributed by atoms with E-state index in [0.29, 0.717) is 13.2 Å². The maximum Gasteiger partial charge on any atom is 0.327 e. The predicted octanol–water partition coefficient (Wildman–Crippen LogP) is -0.0814. The summed E-state index contributed by atoms with van der Waals surface area (Å²) in [5.74, 6) is 0. The van der Waals surface area contributed by atoms with E-state index in [0.717, 1.165) is 6.32 Å². The lowest BCUT2D eigenvalue weighted by molar-refractivity contribution is 0.0602. The molecule has 0 aromatic rings. The van der Waals surface area contributed by atoms with Crippen molar-refractivity contribution in [2.45, 2.75) is 13.2 Å². The molecule has 0 heterocycles. The molecule has 0 aromatic carbocycles. The van der Waals surface area contributed by atoms with Gasteiger partial charge in [-0.2, -0.15) is 0 Å². The van der Waals surface area contributed by atoms with Gasteiger partial charge in [-0.25, -0.2) is 0 Å². The molecule has 0 fully saturated rings. The van der Waals surface area contributed by atoms with Crippen LogP contribution in [0.4, 0.5) is 0 Å². The Morgan fingerprint density at radius 1 is 1.42 bits per heavy atom. The number of hydrogen-bond donors (Lipinski definition) is 2. The highest BCUT2D eigenvalue weighted by molar-refractivity contribution is 7.39. The highest BCUT2D eigenvalue weighted by Crippen LogP contribution is 2.30. The van der Waals surface area contributed by atoms with E-state index in [1.807, 2.05) is 14.8 Å². The normalized spacial score (nSPS) is 16.4. The fourth-order valence-corrected chi connectivity index (χ4v) is 1.23. The molecule has 1 atom stereocenters. The van der Waals surface area contributed by atoms with Gasteiger partial charge in [0.15, 0.2) is 0 Å². The summed E-state index contributed by atoms with van der Waals surface area (Å²) in [6.45, 7) is 2.86. The van der Waals surface area contributed by atoms with Crippen LogP contribution in [0.2, 0.25) is 6.32 Å². The van der Waals surface area contributed by atoms with Crippen LogP contribution in [0.1, 0.15) is 6.92 Å². The Morgan fingerprint density at radius 3 is 2.33 bits per heavy atom. The van der Waals surface area contributed by atoms with Crippen molar-refractivity contribution >= 4 is 16.4 Å². The van der Waals surface area contributed by atoms with Gasteiger partial charge < -0.3 is 19.0 Å². The summed E-state index contributed by atoms with van der Waals surface area (Å²) in [6.07, 6.45) is 0.879. The first kappa shape index (κ1) is 12.3. The van der Waals surface area contributed by atoms with Crippen LogP contribution in [0.3, 0.4) is 0 Å². The van der Waals surface area contributed by atoms with Crippen molar-refractivity contribution in [1.82, 2.24) is 0 Å². The third kappa shape index (κ3) is 5.06. The van der Waals surface area contributed by atoms with E-state index in [1.54, 1.807) is 7.11 Å². The van der Waals surface area contributed by atoms with Crippen molar-refractivity contribution in [2.24, 2.45) is 5.41 Å². The molecule has 4 nitrogen and oxygen atoms in total. The molecule has 0 aliphatic heterocycles. The molecular formula is C6H16BO4P. The highest BCUT2D eigenvalue weighted by atomic mass is 31.2. The van der Waals surface area contributed by atoms with E-state index in [4.69, 9.17) is 19.0 Å². The second kappa shape index (κ2) is 5.89. The number of methoxy groups -OCH3 is 1. The first-order valence-electron chi connectivity index (χ1n) is 3.84. The van der Waals surface area contributed by atoms with Gasteiger partial charge in [0, 0.05) is 12.5 Å². The van der Waals surface area contributed by atoms with Gasteiger partial charge in [-0.3, -0.25) is 0 Å². The maximum atomic E-state index is 8.54. The SMILES string of the molecule is BC[C@@](C)(COC)COP(O)O. The lowest BCUT2D eigenvalue weighted by atomic mass is 9.79. The van der Waals surface area contributed by atoms with Gasteiger partial charge in [-0.05, 0) is 0 Å². The molecule has 0 radical (unpaired) electrons. The summed E-state index contributed by atoms with van der Waals surface area (Å²) in [5, 5.41) is 0. The van der Waals surface area contributed by atoms with E-state index in [9.17, 15) is 0 Å². The molecule has 0 bridgehead atoms. The van der Waals surface area contributed by atoms with Crippen molar-refractivity contribution in [1.29, 1.82) is 0 Å². The van der Waals surface area contributed by atoms with E-state index >= 15 is 0 Å². The summed E-state index contributed by atoms with van der Waals surface area (Å²) >= 11 is 0. The molecule has 2 N–H and O–H groups in total. The Hall–Kier alpha value is 0.335. The minimum absolute atomic E-state index is 0.124. The standard InChI is InChI=1S/C6H16BO4P/c1-6(3-7,4-10-2)5-11-12(8)9/h8-9H,3-5,7H2,1-2H3/t6-/m0/s1. The lowest BCUT2D eigenvalue weighted by Crippen LogP contribution is -2.27. The van der Waals surface area contributed by atoms with Crippen molar-refractivity contribution in [3.63, 3.8) is 0 Å². The second-order valence-corrected chi connectivity index (χ2v) is 3.89. The molecule has 0 spiro atoms. The zero-order valence-electron chi connectivity index (χ0n) is 7.78. The topological polar surface area (TPSA) is 58.9 Å². The summed E-state index contributed by atoms with van der Waals surface area (Å²) in [7, 11) is 1.40. The van der Waals surface area contributed by atoms with Crippen molar-refractivity contribution in [2.75, 3.05) is 20.3 Å². The fourth-order valence-electron chi connectivity index (χ4n) is 0.808. The summed E-state index contributed by atoms with van der Waals surface area (Å²) in [4.78, 5) is 17.1. The third-order valence-corrected chi connectivity index (χ3v) is 2.23. The van der Waals surface area contributed by atoms with Gasteiger partial charge in [0.25, 0.3) is 0 Å². The van der Waals surface area contributed by atoms with E-state index in [1.165, 1.54) is 0 Å². The molecule has 0 aliphatic rings.